The average molecular weight is 315 g/mol. The number of halogens is 1. The van der Waals surface area contributed by atoms with Gasteiger partial charge in [-0.25, -0.2) is 9.38 Å². The van der Waals surface area contributed by atoms with E-state index in [1.54, 1.807) is 12.1 Å². The Labute approximate surface area is 136 Å². The predicted octanol–water partition coefficient (Wildman–Crippen LogP) is 2.57. The van der Waals surface area contributed by atoms with E-state index in [0.29, 0.717) is 24.6 Å². The third kappa shape index (κ3) is 5.38. The second kappa shape index (κ2) is 8.90. The van der Waals surface area contributed by atoms with Crippen molar-refractivity contribution in [3.05, 3.63) is 71.0 Å². The minimum absolute atomic E-state index is 0.292. The number of hydrogen-bond donors (Lipinski definition) is 3. The minimum atomic E-state index is -0.394. The quantitative estimate of drug-likeness (QED) is 0.567. The molecular weight excluding hydrogens is 293 g/mol. The van der Waals surface area contributed by atoms with Crippen molar-refractivity contribution in [3.63, 3.8) is 0 Å². The summed E-state index contributed by atoms with van der Waals surface area (Å²) in [6.45, 7) is 3.54. The fraction of sp³-hybridized carbons (Fsp3) is 0.278. The standard InChI is InChI=1S/C18H22FN3O/c1-2-20-18(21-11-14-6-4-3-5-7-14)22-12-15-8-9-17(19)16(10-15)13-23/h3-10,23H,2,11-13H2,1H3,(H2,20,21,22). The van der Waals surface area contributed by atoms with Crippen LogP contribution in [0.4, 0.5) is 4.39 Å². The van der Waals surface area contributed by atoms with Crippen molar-refractivity contribution < 1.29 is 9.50 Å². The molecule has 2 aromatic rings. The van der Waals surface area contributed by atoms with Gasteiger partial charge < -0.3 is 15.7 Å². The summed E-state index contributed by atoms with van der Waals surface area (Å²) in [5.41, 5.74) is 2.31. The zero-order chi connectivity index (χ0) is 16.5. The molecule has 0 spiro atoms. The lowest BCUT2D eigenvalue weighted by atomic mass is 10.1. The molecular formula is C18H22FN3O. The summed E-state index contributed by atoms with van der Waals surface area (Å²) in [5, 5.41) is 15.6. The molecule has 3 N–H and O–H groups in total. The first kappa shape index (κ1) is 17.0. The molecule has 2 rings (SSSR count). The topological polar surface area (TPSA) is 56.7 Å². The SMILES string of the molecule is CCNC(=NCc1ccc(F)c(CO)c1)NCc1ccccc1. The normalized spacial score (nSPS) is 11.3. The molecule has 0 aliphatic carbocycles. The Morgan fingerprint density at radius 1 is 1.09 bits per heavy atom. The van der Waals surface area contributed by atoms with Crippen LogP contribution in [-0.2, 0) is 19.7 Å². The van der Waals surface area contributed by atoms with Gasteiger partial charge in [0.25, 0.3) is 0 Å². The molecule has 4 nitrogen and oxygen atoms in total. The summed E-state index contributed by atoms with van der Waals surface area (Å²) < 4.78 is 13.4. The maximum absolute atomic E-state index is 13.4. The van der Waals surface area contributed by atoms with Crippen molar-refractivity contribution in [2.24, 2.45) is 4.99 Å². The molecule has 0 fully saturated rings. The van der Waals surface area contributed by atoms with Gasteiger partial charge in [0.05, 0.1) is 13.2 Å². The highest BCUT2D eigenvalue weighted by Gasteiger charge is 2.03. The number of nitrogens with zero attached hydrogens (tertiary/aromatic N) is 1. The van der Waals surface area contributed by atoms with Crippen molar-refractivity contribution in [1.29, 1.82) is 0 Å². The predicted molar refractivity (Wildman–Crippen MR) is 90.4 cm³/mol. The number of aliphatic imine (C=N–C) groups is 1. The number of guanidine groups is 1. The van der Waals surface area contributed by atoms with E-state index in [-0.39, 0.29) is 6.61 Å². The second-order valence-electron chi connectivity index (χ2n) is 5.12. The first-order valence-electron chi connectivity index (χ1n) is 7.67. The first-order valence-corrected chi connectivity index (χ1v) is 7.67. The molecule has 23 heavy (non-hydrogen) atoms. The maximum Gasteiger partial charge on any atom is 0.191 e. The van der Waals surface area contributed by atoms with Crippen molar-refractivity contribution in [3.8, 4) is 0 Å². The van der Waals surface area contributed by atoms with Crippen molar-refractivity contribution in [2.45, 2.75) is 26.6 Å². The van der Waals surface area contributed by atoms with Crippen LogP contribution in [-0.4, -0.2) is 17.6 Å². The highest BCUT2D eigenvalue weighted by molar-refractivity contribution is 5.79. The van der Waals surface area contributed by atoms with E-state index in [2.05, 4.69) is 15.6 Å². The van der Waals surface area contributed by atoms with E-state index in [4.69, 9.17) is 5.11 Å². The van der Waals surface area contributed by atoms with Gasteiger partial charge in [0.15, 0.2) is 5.96 Å². The Balaban J connectivity index is 2.00. The molecule has 0 saturated carbocycles. The summed E-state index contributed by atoms with van der Waals surface area (Å²) in [6.07, 6.45) is 0. The van der Waals surface area contributed by atoms with Gasteiger partial charge >= 0.3 is 0 Å². The van der Waals surface area contributed by atoms with Crippen LogP contribution in [0, 0.1) is 5.82 Å². The molecule has 0 bridgehead atoms. The Morgan fingerprint density at radius 3 is 2.57 bits per heavy atom. The van der Waals surface area contributed by atoms with Crippen molar-refractivity contribution in [2.75, 3.05) is 6.54 Å². The van der Waals surface area contributed by atoms with Crippen LogP contribution < -0.4 is 10.6 Å². The number of aliphatic hydroxyl groups excluding tert-OH is 1. The molecule has 0 saturated heterocycles. The number of rotatable bonds is 6. The largest absolute Gasteiger partial charge is 0.392 e. The third-order valence-corrected chi connectivity index (χ3v) is 3.35. The Bertz CT molecular complexity index is 644. The molecule has 0 aromatic heterocycles. The summed E-state index contributed by atoms with van der Waals surface area (Å²) in [6, 6.07) is 14.7. The maximum atomic E-state index is 13.4. The van der Waals surface area contributed by atoms with Crippen LogP contribution >= 0.6 is 0 Å². The van der Waals surface area contributed by atoms with Crippen molar-refractivity contribution in [1.82, 2.24) is 10.6 Å². The lowest BCUT2D eigenvalue weighted by molar-refractivity contribution is 0.275. The Hall–Kier alpha value is -2.40. The molecule has 0 amide bonds. The van der Waals surface area contributed by atoms with Gasteiger partial charge in [-0.2, -0.15) is 0 Å². The van der Waals surface area contributed by atoms with Gasteiger partial charge in [0, 0.05) is 18.7 Å². The second-order valence-corrected chi connectivity index (χ2v) is 5.12. The Morgan fingerprint density at radius 2 is 1.87 bits per heavy atom. The highest BCUT2D eigenvalue weighted by atomic mass is 19.1. The molecule has 0 radical (unpaired) electrons. The van der Waals surface area contributed by atoms with Gasteiger partial charge in [-0.05, 0) is 30.2 Å². The van der Waals surface area contributed by atoms with Gasteiger partial charge in [-0.1, -0.05) is 36.4 Å². The first-order chi connectivity index (χ1) is 11.2. The highest BCUT2D eigenvalue weighted by Crippen LogP contribution is 2.11. The zero-order valence-corrected chi connectivity index (χ0v) is 13.2. The van der Waals surface area contributed by atoms with Crippen LogP contribution in [0.1, 0.15) is 23.6 Å². The fourth-order valence-corrected chi connectivity index (χ4v) is 2.14. The van der Waals surface area contributed by atoms with Crippen molar-refractivity contribution >= 4 is 5.96 Å². The lowest BCUT2D eigenvalue weighted by Crippen LogP contribution is -2.36. The molecule has 0 aliphatic rings. The van der Waals surface area contributed by atoms with Gasteiger partial charge in [-0.3, -0.25) is 0 Å². The minimum Gasteiger partial charge on any atom is -0.392 e. The average Bonchev–Trinajstić information content (AvgIpc) is 2.59. The molecule has 0 heterocycles. The van der Waals surface area contributed by atoms with Gasteiger partial charge in [0.1, 0.15) is 5.82 Å². The lowest BCUT2D eigenvalue weighted by Gasteiger charge is -2.11. The molecule has 0 atom stereocenters. The van der Waals surface area contributed by atoms with E-state index in [1.165, 1.54) is 11.6 Å². The zero-order valence-electron chi connectivity index (χ0n) is 13.2. The molecule has 0 unspecified atom stereocenters. The summed E-state index contributed by atoms with van der Waals surface area (Å²) >= 11 is 0. The van der Waals surface area contributed by atoms with Crippen LogP contribution in [0.25, 0.3) is 0 Å². The van der Waals surface area contributed by atoms with E-state index >= 15 is 0 Å². The third-order valence-electron chi connectivity index (χ3n) is 3.35. The summed E-state index contributed by atoms with van der Waals surface area (Å²) in [4.78, 5) is 4.49. The smallest absolute Gasteiger partial charge is 0.191 e. The Kier molecular flexibility index (Phi) is 6.56. The van der Waals surface area contributed by atoms with Gasteiger partial charge in [0.2, 0.25) is 0 Å². The molecule has 122 valence electrons. The van der Waals surface area contributed by atoms with Crippen LogP contribution in [0.3, 0.4) is 0 Å². The number of benzene rings is 2. The van der Waals surface area contributed by atoms with E-state index in [1.807, 2.05) is 37.3 Å². The van der Waals surface area contributed by atoms with E-state index in [9.17, 15) is 4.39 Å². The number of aliphatic hydroxyl groups is 1. The summed E-state index contributed by atoms with van der Waals surface area (Å²) in [5.74, 6) is 0.306. The van der Waals surface area contributed by atoms with E-state index < -0.39 is 5.82 Å². The van der Waals surface area contributed by atoms with Crippen LogP contribution in [0.15, 0.2) is 53.5 Å². The molecule has 2 aromatic carbocycles. The van der Waals surface area contributed by atoms with Crippen LogP contribution in [0.5, 0.6) is 0 Å². The molecule has 0 aliphatic heterocycles. The number of hydrogen-bond acceptors (Lipinski definition) is 2. The van der Waals surface area contributed by atoms with Crippen LogP contribution in [0.2, 0.25) is 0 Å². The number of nitrogens with one attached hydrogen (secondary N) is 2. The monoisotopic (exact) mass is 315 g/mol. The van der Waals surface area contributed by atoms with E-state index in [0.717, 1.165) is 12.1 Å². The molecule has 5 heteroatoms. The summed E-state index contributed by atoms with van der Waals surface area (Å²) in [7, 11) is 0. The van der Waals surface area contributed by atoms with Gasteiger partial charge in [-0.15, -0.1) is 0 Å². The fourth-order valence-electron chi connectivity index (χ4n) is 2.14.